The van der Waals surface area contributed by atoms with Gasteiger partial charge in [-0.2, -0.15) is 10.4 Å². The lowest BCUT2D eigenvalue weighted by Gasteiger charge is -2.37. The Morgan fingerprint density at radius 1 is 1.04 bits per heavy atom. The summed E-state index contributed by atoms with van der Waals surface area (Å²) in [6, 6.07) is 18.7. The minimum atomic E-state index is -1.62. The molecule has 46 heavy (non-hydrogen) atoms. The molecule has 6 rings (SSSR count). The Labute approximate surface area is 266 Å². The van der Waals surface area contributed by atoms with Gasteiger partial charge in [-0.05, 0) is 36.9 Å². The number of nitriles is 1. The largest absolute Gasteiger partial charge is 0.493 e. The van der Waals surface area contributed by atoms with E-state index in [9.17, 15) is 14.4 Å². The minimum absolute atomic E-state index is 0.243. The van der Waals surface area contributed by atoms with E-state index in [-0.39, 0.29) is 12.2 Å². The minimum Gasteiger partial charge on any atom is -0.493 e. The number of aromatic nitrogens is 3. The number of methoxy groups -OCH3 is 1. The van der Waals surface area contributed by atoms with Gasteiger partial charge in [-0.1, -0.05) is 31.2 Å². The molecule has 1 amide bonds. The fourth-order valence-corrected chi connectivity index (χ4v) is 6.20. The summed E-state index contributed by atoms with van der Waals surface area (Å²) in [6.45, 7) is 7.27. The quantitative estimate of drug-likeness (QED) is 0.240. The third-order valence-electron chi connectivity index (χ3n) is 8.94. The number of nitrogens with zero attached hydrogens (tertiary/aromatic N) is 6. The normalized spacial score (nSPS) is 15.5. The van der Waals surface area contributed by atoms with Crippen LogP contribution >= 0.6 is 0 Å². The Bertz CT molecular complexity index is 1930. The fraction of sp³-hybridized carbons (Fsp3) is 0.314. The molecule has 236 valence electrons. The predicted octanol–water partition coefficient (Wildman–Crippen LogP) is 4.60. The van der Waals surface area contributed by atoms with Gasteiger partial charge in [-0.3, -0.25) is 14.5 Å². The van der Waals surface area contributed by atoms with Crippen molar-refractivity contribution in [3.63, 3.8) is 0 Å². The second-order valence-electron chi connectivity index (χ2n) is 11.5. The van der Waals surface area contributed by atoms with Crippen molar-refractivity contribution in [3.8, 4) is 28.8 Å². The Morgan fingerprint density at radius 2 is 1.74 bits per heavy atom. The molecule has 1 saturated heterocycles. The summed E-state index contributed by atoms with van der Waals surface area (Å²) in [6.07, 6.45) is 2.00. The number of rotatable bonds is 10. The molecule has 1 aliphatic rings. The number of carbonyl (C=O) groups is 1. The zero-order valence-electron chi connectivity index (χ0n) is 26.2. The molecule has 0 bridgehead atoms. The van der Waals surface area contributed by atoms with E-state index < -0.39 is 17.3 Å². The number of piperazine rings is 1. The van der Waals surface area contributed by atoms with Gasteiger partial charge in [0.25, 0.3) is 5.91 Å². The standard InChI is InChI=1S/C35H36FN7O3/c1-4-42-15-17-43(18-16-42)14-13-35(34(38)44,25-9-11-26(36)12-10-25)46-31-19-27-28(20-30(31)45-3)39-22-29-32(27)33(40-41(29)2)24-7-5-23(21-37)6-8-24/h5-12,19-20,22H,4,13-18H2,1-3H3,(H2,38,44). The Hall–Kier alpha value is -5.05. The maximum Gasteiger partial charge on any atom is 0.266 e. The molecule has 2 N–H and O–H groups in total. The van der Waals surface area contributed by atoms with Gasteiger partial charge in [-0.15, -0.1) is 0 Å². The second kappa shape index (κ2) is 12.7. The average molecular weight is 622 g/mol. The number of carbonyl (C=O) groups excluding carboxylic acids is 1. The van der Waals surface area contributed by atoms with Crippen molar-refractivity contribution in [2.75, 3.05) is 46.4 Å². The van der Waals surface area contributed by atoms with E-state index in [1.54, 1.807) is 47.3 Å². The highest BCUT2D eigenvalue weighted by molar-refractivity contribution is 6.12. The molecule has 11 heteroatoms. The Kier molecular flexibility index (Phi) is 8.58. The summed E-state index contributed by atoms with van der Waals surface area (Å²) >= 11 is 0. The van der Waals surface area contributed by atoms with Crippen molar-refractivity contribution in [1.82, 2.24) is 24.6 Å². The number of halogens is 1. The van der Waals surface area contributed by atoms with Gasteiger partial charge in [0.05, 0.1) is 36.0 Å². The lowest BCUT2D eigenvalue weighted by molar-refractivity contribution is -0.135. The van der Waals surface area contributed by atoms with Crippen LogP contribution in [-0.4, -0.2) is 76.8 Å². The summed E-state index contributed by atoms with van der Waals surface area (Å²) in [7, 11) is 3.37. The average Bonchev–Trinajstić information content (AvgIpc) is 3.43. The first-order valence-electron chi connectivity index (χ1n) is 15.3. The van der Waals surface area contributed by atoms with E-state index in [0.29, 0.717) is 34.6 Å². The molecule has 3 heterocycles. The molecule has 0 spiro atoms. The molecule has 0 saturated carbocycles. The Balaban J connectivity index is 1.48. The number of pyridine rings is 1. The first-order chi connectivity index (χ1) is 22.3. The highest BCUT2D eigenvalue weighted by Gasteiger charge is 2.42. The van der Waals surface area contributed by atoms with E-state index in [0.717, 1.165) is 54.6 Å². The van der Waals surface area contributed by atoms with Crippen molar-refractivity contribution in [3.05, 3.63) is 83.8 Å². The zero-order valence-corrected chi connectivity index (χ0v) is 26.2. The zero-order chi connectivity index (χ0) is 32.4. The number of amides is 1. The highest BCUT2D eigenvalue weighted by Crippen LogP contribution is 2.42. The Morgan fingerprint density at radius 3 is 2.37 bits per heavy atom. The van der Waals surface area contributed by atoms with Gasteiger partial charge in [0.15, 0.2) is 11.5 Å². The monoisotopic (exact) mass is 621 g/mol. The molecule has 1 unspecified atom stereocenters. The number of fused-ring (bicyclic) bond motifs is 3. The molecular formula is C35H36FN7O3. The molecule has 1 aliphatic heterocycles. The highest BCUT2D eigenvalue weighted by atomic mass is 19.1. The van der Waals surface area contributed by atoms with Crippen LogP contribution in [0.15, 0.2) is 66.9 Å². The lowest BCUT2D eigenvalue weighted by Crippen LogP contribution is -2.51. The van der Waals surface area contributed by atoms with Gasteiger partial charge in [0, 0.05) is 74.2 Å². The lowest BCUT2D eigenvalue weighted by atomic mass is 9.88. The summed E-state index contributed by atoms with van der Waals surface area (Å²) in [4.78, 5) is 22.9. The van der Waals surface area contributed by atoms with Crippen LogP contribution in [-0.2, 0) is 17.4 Å². The smallest absolute Gasteiger partial charge is 0.266 e. The number of hydrogen-bond donors (Lipinski definition) is 1. The van der Waals surface area contributed by atoms with Crippen molar-refractivity contribution in [1.29, 1.82) is 5.26 Å². The molecule has 10 nitrogen and oxygen atoms in total. The second-order valence-corrected chi connectivity index (χ2v) is 11.5. The molecule has 3 aromatic carbocycles. The number of likely N-dealkylation sites (N-methyl/N-ethyl adjacent to an activating group) is 1. The molecule has 1 fully saturated rings. The topological polar surface area (TPSA) is 123 Å². The summed E-state index contributed by atoms with van der Waals surface area (Å²) in [5.41, 5.74) is 8.53. The summed E-state index contributed by atoms with van der Waals surface area (Å²) in [5.74, 6) is -0.462. The van der Waals surface area contributed by atoms with Crippen LogP contribution in [0, 0.1) is 17.1 Å². The first kappa shape index (κ1) is 31.0. The van der Waals surface area contributed by atoms with Crippen LogP contribution in [0.1, 0.15) is 24.5 Å². The number of benzene rings is 3. The maximum atomic E-state index is 14.1. The van der Waals surface area contributed by atoms with Gasteiger partial charge in [-0.25, -0.2) is 4.39 Å². The molecule has 1 atom stereocenters. The SMILES string of the molecule is CCN1CCN(CCC(Oc2cc3c(cc2OC)ncc2c3c(-c3ccc(C#N)cc3)nn2C)(C(N)=O)c2ccc(F)cc2)CC1. The van der Waals surface area contributed by atoms with Gasteiger partial charge in [0.2, 0.25) is 5.60 Å². The summed E-state index contributed by atoms with van der Waals surface area (Å²) in [5, 5.41) is 15.6. The molecule has 0 radical (unpaired) electrons. The molecule has 5 aromatic rings. The van der Waals surface area contributed by atoms with E-state index in [1.165, 1.54) is 19.2 Å². The fourth-order valence-electron chi connectivity index (χ4n) is 6.20. The van der Waals surface area contributed by atoms with Crippen LogP contribution in [0.25, 0.3) is 33.1 Å². The van der Waals surface area contributed by atoms with Crippen molar-refractivity contribution in [2.45, 2.75) is 18.9 Å². The third-order valence-corrected chi connectivity index (χ3v) is 8.94. The van der Waals surface area contributed by atoms with Gasteiger partial charge < -0.3 is 25.0 Å². The number of hydrogen-bond acceptors (Lipinski definition) is 8. The summed E-state index contributed by atoms with van der Waals surface area (Å²) < 4.78 is 28.3. The molecular weight excluding hydrogens is 585 g/mol. The molecule has 0 aliphatic carbocycles. The van der Waals surface area contributed by atoms with Crippen LogP contribution in [0.3, 0.4) is 0 Å². The van der Waals surface area contributed by atoms with Crippen molar-refractivity contribution in [2.24, 2.45) is 12.8 Å². The maximum absolute atomic E-state index is 14.1. The molecule has 2 aromatic heterocycles. The van der Waals surface area contributed by atoms with E-state index in [4.69, 9.17) is 20.3 Å². The van der Waals surface area contributed by atoms with Crippen molar-refractivity contribution >= 4 is 27.7 Å². The van der Waals surface area contributed by atoms with Crippen LogP contribution in [0.5, 0.6) is 11.5 Å². The number of ether oxygens (including phenoxy) is 2. The van der Waals surface area contributed by atoms with E-state index in [2.05, 4.69) is 27.8 Å². The van der Waals surface area contributed by atoms with Crippen LogP contribution in [0.2, 0.25) is 0 Å². The van der Waals surface area contributed by atoms with E-state index >= 15 is 0 Å². The van der Waals surface area contributed by atoms with Gasteiger partial charge in [0.1, 0.15) is 11.5 Å². The number of nitrogens with two attached hydrogens (primary N) is 1. The number of primary amides is 1. The first-order valence-corrected chi connectivity index (χ1v) is 15.3. The van der Waals surface area contributed by atoms with Crippen LogP contribution < -0.4 is 15.2 Å². The third kappa shape index (κ3) is 5.73. The van der Waals surface area contributed by atoms with Gasteiger partial charge >= 0.3 is 0 Å². The van der Waals surface area contributed by atoms with Crippen molar-refractivity contribution < 1.29 is 18.7 Å². The number of aryl methyl sites for hydroxylation is 1. The predicted molar refractivity (Wildman–Crippen MR) is 174 cm³/mol. The van der Waals surface area contributed by atoms with E-state index in [1.807, 2.05) is 19.2 Å². The van der Waals surface area contributed by atoms with Crippen LogP contribution in [0.4, 0.5) is 4.39 Å².